The fourth-order valence-electron chi connectivity index (χ4n) is 2.96. The fraction of sp³-hybridized carbons (Fsp3) is 0.250. The minimum absolute atomic E-state index is 0.166. The number of amides is 1. The van der Waals surface area contributed by atoms with E-state index in [9.17, 15) is 9.90 Å². The second kappa shape index (κ2) is 7.29. The number of aliphatic hydroxyl groups excluding tert-OH is 1. The lowest BCUT2D eigenvalue weighted by Gasteiger charge is -2.32. The highest BCUT2D eigenvalue weighted by molar-refractivity contribution is 5.94. The molecule has 5 heteroatoms. The minimum atomic E-state index is -0.851. The molecule has 0 saturated heterocycles. The van der Waals surface area contributed by atoms with Gasteiger partial charge in [-0.2, -0.15) is 0 Å². The summed E-state index contributed by atoms with van der Waals surface area (Å²) in [7, 11) is 3.11. The van der Waals surface area contributed by atoms with Gasteiger partial charge in [0.05, 0.1) is 27.3 Å². The minimum Gasteiger partial charge on any atom is -0.496 e. The van der Waals surface area contributed by atoms with Crippen molar-refractivity contribution in [2.24, 2.45) is 0 Å². The Morgan fingerprint density at radius 1 is 1.12 bits per heavy atom. The zero-order valence-corrected chi connectivity index (χ0v) is 14.2. The first kappa shape index (κ1) is 16.9. The summed E-state index contributed by atoms with van der Waals surface area (Å²) in [6.45, 7) is 0.480. The molecule has 0 spiro atoms. The highest BCUT2D eigenvalue weighted by Crippen LogP contribution is 2.39. The quantitative estimate of drug-likeness (QED) is 0.853. The van der Waals surface area contributed by atoms with Crippen LogP contribution in [0.25, 0.3) is 0 Å². The lowest BCUT2D eigenvalue weighted by molar-refractivity contribution is -0.127. The SMILES string of the molecule is COc1ccc(OC)c2c1CN(C(=O)C#Cc1ccccc1)C[C@@H]2O. The van der Waals surface area contributed by atoms with Crippen LogP contribution in [-0.4, -0.2) is 36.7 Å². The van der Waals surface area contributed by atoms with E-state index in [0.717, 1.165) is 11.1 Å². The molecule has 1 aliphatic rings. The fourth-order valence-corrected chi connectivity index (χ4v) is 2.96. The molecule has 0 aromatic heterocycles. The molecule has 5 nitrogen and oxygen atoms in total. The maximum absolute atomic E-state index is 12.5. The molecular weight excluding hydrogens is 318 g/mol. The molecule has 1 amide bonds. The van der Waals surface area contributed by atoms with Crippen LogP contribution in [0.2, 0.25) is 0 Å². The number of carbonyl (C=O) groups is 1. The van der Waals surface area contributed by atoms with Crippen molar-refractivity contribution in [2.75, 3.05) is 20.8 Å². The Morgan fingerprint density at radius 2 is 1.80 bits per heavy atom. The van der Waals surface area contributed by atoms with Crippen LogP contribution in [0.1, 0.15) is 22.8 Å². The Hall–Kier alpha value is -2.97. The lowest BCUT2D eigenvalue weighted by atomic mass is 9.95. The molecule has 1 atom stereocenters. The van der Waals surface area contributed by atoms with E-state index in [1.54, 1.807) is 26.4 Å². The highest BCUT2D eigenvalue weighted by atomic mass is 16.5. The van der Waals surface area contributed by atoms with Gasteiger partial charge in [0.1, 0.15) is 17.6 Å². The van der Waals surface area contributed by atoms with Gasteiger partial charge in [-0.3, -0.25) is 4.79 Å². The van der Waals surface area contributed by atoms with Crippen LogP contribution < -0.4 is 9.47 Å². The van der Waals surface area contributed by atoms with E-state index in [4.69, 9.17) is 9.47 Å². The van der Waals surface area contributed by atoms with E-state index in [2.05, 4.69) is 11.8 Å². The van der Waals surface area contributed by atoms with Crippen LogP contribution in [-0.2, 0) is 11.3 Å². The summed E-state index contributed by atoms with van der Waals surface area (Å²) in [4.78, 5) is 14.0. The van der Waals surface area contributed by atoms with Crippen molar-refractivity contribution in [3.8, 4) is 23.3 Å². The molecule has 1 N–H and O–H groups in total. The highest BCUT2D eigenvalue weighted by Gasteiger charge is 2.31. The van der Waals surface area contributed by atoms with Crippen molar-refractivity contribution in [1.29, 1.82) is 0 Å². The van der Waals surface area contributed by atoms with Gasteiger partial charge in [0.15, 0.2) is 0 Å². The van der Waals surface area contributed by atoms with Crippen molar-refractivity contribution in [3.63, 3.8) is 0 Å². The van der Waals surface area contributed by atoms with Gasteiger partial charge in [0.25, 0.3) is 5.91 Å². The molecule has 0 radical (unpaired) electrons. The number of benzene rings is 2. The van der Waals surface area contributed by atoms with Crippen molar-refractivity contribution < 1.29 is 19.4 Å². The second-order valence-electron chi connectivity index (χ2n) is 5.68. The summed E-state index contributed by atoms with van der Waals surface area (Å²) >= 11 is 0. The van der Waals surface area contributed by atoms with E-state index < -0.39 is 6.10 Å². The molecule has 0 saturated carbocycles. The third kappa shape index (κ3) is 3.44. The first-order chi connectivity index (χ1) is 12.1. The summed E-state index contributed by atoms with van der Waals surface area (Å²) < 4.78 is 10.7. The first-order valence-corrected chi connectivity index (χ1v) is 7.91. The molecule has 0 fully saturated rings. The molecule has 2 aromatic rings. The van der Waals surface area contributed by atoms with Gasteiger partial charge < -0.3 is 19.5 Å². The van der Waals surface area contributed by atoms with Gasteiger partial charge in [-0.05, 0) is 24.3 Å². The number of nitrogens with zero attached hydrogens (tertiary/aromatic N) is 1. The summed E-state index contributed by atoms with van der Waals surface area (Å²) in [6, 6.07) is 12.8. The summed E-state index contributed by atoms with van der Waals surface area (Å²) in [5.74, 6) is 6.36. The number of carbonyl (C=O) groups excluding carboxylic acids is 1. The van der Waals surface area contributed by atoms with Gasteiger partial charge in [0.2, 0.25) is 0 Å². The molecule has 1 heterocycles. The van der Waals surface area contributed by atoms with Crippen LogP contribution in [0.15, 0.2) is 42.5 Å². The Kier molecular flexibility index (Phi) is 4.92. The van der Waals surface area contributed by atoms with Crippen LogP contribution in [0.3, 0.4) is 0 Å². The number of hydrogen-bond donors (Lipinski definition) is 1. The monoisotopic (exact) mass is 337 g/mol. The number of aliphatic hydroxyl groups is 1. The average molecular weight is 337 g/mol. The standard InChI is InChI=1S/C20H19NO4/c1-24-17-9-10-18(25-2)20-15(17)12-21(13-16(20)22)19(23)11-8-14-6-4-3-5-7-14/h3-7,9-10,16,22H,12-13H2,1-2H3/t16-/m0/s1. The Balaban J connectivity index is 1.88. The summed E-state index contributed by atoms with van der Waals surface area (Å²) in [5, 5.41) is 10.5. The number of rotatable bonds is 2. The molecule has 128 valence electrons. The maximum atomic E-state index is 12.5. The van der Waals surface area contributed by atoms with Gasteiger partial charge in [-0.25, -0.2) is 0 Å². The van der Waals surface area contributed by atoms with Crippen molar-refractivity contribution in [1.82, 2.24) is 4.90 Å². The van der Waals surface area contributed by atoms with Crippen molar-refractivity contribution in [2.45, 2.75) is 12.6 Å². The van der Waals surface area contributed by atoms with E-state index in [1.165, 1.54) is 4.90 Å². The van der Waals surface area contributed by atoms with E-state index >= 15 is 0 Å². The molecule has 1 aliphatic heterocycles. The number of β-amino-alcohol motifs (C(OH)–C–C–N with tert-alkyl or cyclic N) is 1. The largest absolute Gasteiger partial charge is 0.496 e. The molecule has 0 aliphatic carbocycles. The Labute approximate surface area is 146 Å². The molecule has 25 heavy (non-hydrogen) atoms. The molecule has 3 rings (SSSR count). The average Bonchev–Trinajstić information content (AvgIpc) is 2.65. The summed E-state index contributed by atoms with van der Waals surface area (Å²) in [6.07, 6.45) is -0.851. The number of hydrogen-bond acceptors (Lipinski definition) is 4. The smallest absolute Gasteiger partial charge is 0.299 e. The van der Waals surface area contributed by atoms with Crippen LogP contribution >= 0.6 is 0 Å². The van der Waals surface area contributed by atoms with Crippen LogP contribution in [0, 0.1) is 11.8 Å². The zero-order valence-electron chi connectivity index (χ0n) is 14.2. The van der Waals surface area contributed by atoms with Gasteiger partial charge in [-0.15, -0.1) is 0 Å². The van der Waals surface area contributed by atoms with E-state index in [1.807, 2.05) is 30.3 Å². The molecule has 0 bridgehead atoms. The predicted molar refractivity (Wildman–Crippen MR) is 93.2 cm³/mol. The van der Waals surface area contributed by atoms with Crippen molar-refractivity contribution in [3.05, 3.63) is 59.2 Å². The van der Waals surface area contributed by atoms with Gasteiger partial charge in [0, 0.05) is 22.6 Å². The molecular formula is C20H19NO4. The topological polar surface area (TPSA) is 59.0 Å². The maximum Gasteiger partial charge on any atom is 0.299 e. The Morgan fingerprint density at radius 3 is 2.48 bits per heavy atom. The van der Waals surface area contributed by atoms with Crippen molar-refractivity contribution >= 4 is 5.91 Å². The third-order valence-electron chi connectivity index (χ3n) is 4.16. The van der Waals surface area contributed by atoms with E-state index in [0.29, 0.717) is 23.6 Å². The number of methoxy groups -OCH3 is 2. The van der Waals surface area contributed by atoms with Gasteiger partial charge in [-0.1, -0.05) is 24.1 Å². The molecule has 0 unspecified atom stereocenters. The third-order valence-corrected chi connectivity index (χ3v) is 4.16. The first-order valence-electron chi connectivity index (χ1n) is 7.91. The second-order valence-corrected chi connectivity index (χ2v) is 5.68. The predicted octanol–water partition coefficient (Wildman–Crippen LogP) is 2.13. The Bertz CT molecular complexity index is 836. The normalized spacial score (nSPS) is 15.6. The van der Waals surface area contributed by atoms with E-state index in [-0.39, 0.29) is 12.5 Å². The number of fused-ring (bicyclic) bond motifs is 1. The van der Waals surface area contributed by atoms with Gasteiger partial charge >= 0.3 is 0 Å². The zero-order chi connectivity index (χ0) is 17.8. The number of ether oxygens (including phenoxy) is 2. The van der Waals surface area contributed by atoms with Crippen LogP contribution in [0.4, 0.5) is 0 Å². The summed E-state index contributed by atoms with van der Waals surface area (Å²) in [5.41, 5.74) is 2.19. The molecule has 2 aromatic carbocycles. The van der Waals surface area contributed by atoms with Crippen LogP contribution in [0.5, 0.6) is 11.5 Å². The lowest BCUT2D eigenvalue weighted by Crippen LogP contribution is -2.38.